The highest BCUT2D eigenvalue weighted by molar-refractivity contribution is 6.02. The Morgan fingerprint density at radius 2 is 0.763 bits per heavy atom. The van der Waals surface area contributed by atoms with Gasteiger partial charge in [0.1, 0.15) is 11.5 Å². The van der Waals surface area contributed by atoms with Crippen molar-refractivity contribution < 1.29 is 9.47 Å². The molecule has 0 N–H and O–H groups in total. The summed E-state index contributed by atoms with van der Waals surface area (Å²) < 4.78 is 12.3. The van der Waals surface area contributed by atoms with Gasteiger partial charge in [-0.3, -0.25) is 0 Å². The molecular weight excluding hydrogens is 721 g/mol. The first kappa shape index (κ1) is 36.9. The Balaban J connectivity index is 1.36. The number of rotatable bonds is 10. The molecule has 0 unspecified atom stereocenters. The first-order chi connectivity index (χ1) is 29.2. The van der Waals surface area contributed by atoms with Crippen LogP contribution in [0.2, 0.25) is 0 Å². The number of nitrogens with zero attached hydrogens (tertiary/aromatic N) is 2. The molecule has 0 fully saturated rings. The molecule has 1 aliphatic rings. The summed E-state index contributed by atoms with van der Waals surface area (Å²) in [5.74, 6) is 8.36. The number of ether oxygens (including phenoxy) is 2. The van der Waals surface area contributed by atoms with Crippen LogP contribution in [-0.2, 0) is 5.41 Å². The molecule has 8 aromatic carbocycles. The van der Waals surface area contributed by atoms with Gasteiger partial charge in [0.05, 0.1) is 42.2 Å². The Morgan fingerprint density at radius 3 is 1.15 bits per heavy atom. The van der Waals surface area contributed by atoms with Crippen LogP contribution in [-0.4, -0.2) is 26.0 Å². The monoisotopic (exact) mass is 760 g/mol. The van der Waals surface area contributed by atoms with Gasteiger partial charge in [0, 0.05) is 11.1 Å². The molecule has 0 bridgehead atoms. The topological polar surface area (TPSA) is 43.2 Å². The van der Waals surface area contributed by atoms with Crippen molar-refractivity contribution in [1.82, 2.24) is 0 Å². The Hall–Kier alpha value is -7.74. The standard InChI is InChI=1S/C55H40N2O2/c1-58-53-33-31-41(35-47(53)49(39-19-7-3-8-20-39)37-56-43-23-11-5-12-24-43)55(51-29-17-15-27-45(51)46-28-16-18-30-52(46)55)42-32-34-54(59-2)48(36-42)50(40-21-9-4-10-22-40)38-57-44-25-13-6-14-26-44/h3-36H,1-2H3. The lowest BCUT2D eigenvalue weighted by molar-refractivity contribution is 0.413. The molecule has 0 heterocycles. The minimum atomic E-state index is -0.758. The SMILES string of the molecule is COc1ccc(C2(c3ccc(OC)c(C(=C=Nc4ccccc4)c4ccccc4)c3)c3ccccc3-c3ccccc32)cc1C(=C=Nc1ccccc1)c1ccccc1. The smallest absolute Gasteiger partial charge is 0.127 e. The van der Waals surface area contributed by atoms with Gasteiger partial charge in [-0.2, -0.15) is 0 Å². The van der Waals surface area contributed by atoms with Crippen molar-refractivity contribution in [2.75, 3.05) is 14.2 Å². The van der Waals surface area contributed by atoms with Gasteiger partial charge in [0.25, 0.3) is 0 Å². The maximum atomic E-state index is 6.15. The number of hydrogen-bond donors (Lipinski definition) is 0. The van der Waals surface area contributed by atoms with Gasteiger partial charge in [-0.05, 0) is 105 Å². The quantitative estimate of drug-likeness (QED) is 0.130. The van der Waals surface area contributed by atoms with Gasteiger partial charge < -0.3 is 9.47 Å². The summed E-state index contributed by atoms with van der Waals surface area (Å²) in [5.41, 5.74) is 13.1. The molecule has 0 spiro atoms. The number of benzene rings is 8. The van der Waals surface area contributed by atoms with Gasteiger partial charge in [-0.15, -0.1) is 0 Å². The van der Waals surface area contributed by atoms with E-state index in [1.165, 1.54) is 22.3 Å². The lowest BCUT2D eigenvalue weighted by atomic mass is 9.66. The Labute approximate surface area is 345 Å². The van der Waals surface area contributed by atoms with E-state index in [4.69, 9.17) is 19.5 Å². The summed E-state index contributed by atoms with van der Waals surface area (Å²) in [4.78, 5) is 9.70. The van der Waals surface area contributed by atoms with Crippen molar-refractivity contribution in [3.8, 4) is 22.6 Å². The minimum Gasteiger partial charge on any atom is -0.496 e. The molecule has 0 saturated heterocycles. The third-order valence-electron chi connectivity index (χ3n) is 11.0. The van der Waals surface area contributed by atoms with E-state index in [0.717, 1.165) is 67.4 Å². The summed E-state index contributed by atoms with van der Waals surface area (Å²) in [6, 6.07) is 71.0. The first-order valence-electron chi connectivity index (χ1n) is 19.6. The number of hydrogen-bond acceptors (Lipinski definition) is 4. The molecule has 0 aromatic heterocycles. The van der Waals surface area contributed by atoms with Crippen molar-refractivity contribution in [2.45, 2.75) is 5.41 Å². The summed E-state index contributed by atoms with van der Waals surface area (Å²) in [5, 5.41) is 0. The summed E-state index contributed by atoms with van der Waals surface area (Å²) >= 11 is 0. The Bertz CT molecular complexity index is 2700. The fourth-order valence-corrected chi connectivity index (χ4v) is 8.31. The molecule has 0 saturated carbocycles. The zero-order valence-electron chi connectivity index (χ0n) is 32.8. The molecule has 0 radical (unpaired) electrons. The second-order valence-electron chi connectivity index (χ2n) is 14.3. The van der Waals surface area contributed by atoms with E-state index in [2.05, 4.69) is 121 Å². The van der Waals surface area contributed by atoms with Gasteiger partial charge in [-0.25, -0.2) is 9.98 Å². The van der Waals surface area contributed by atoms with Gasteiger partial charge in [-0.1, -0.05) is 158 Å². The number of para-hydroxylation sites is 2. The zero-order valence-corrected chi connectivity index (χ0v) is 32.8. The van der Waals surface area contributed by atoms with E-state index in [0.29, 0.717) is 0 Å². The second-order valence-corrected chi connectivity index (χ2v) is 14.3. The molecule has 0 aliphatic heterocycles. The predicted octanol–water partition coefficient (Wildman–Crippen LogP) is 12.9. The third kappa shape index (κ3) is 6.90. The molecule has 0 amide bonds. The van der Waals surface area contributed by atoms with E-state index in [1.807, 2.05) is 97.1 Å². The molecule has 0 atom stereocenters. The fourth-order valence-electron chi connectivity index (χ4n) is 8.31. The normalized spacial score (nSPS) is 11.9. The van der Waals surface area contributed by atoms with E-state index in [1.54, 1.807) is 14.2 Å². The second kappa shape index (κ2) is 16.4. The highest BCUT2D eigenvalue weighted by Gasteiger charge is 2.46. The van der Waals surface area contributed by atoms with Crippen molar-refractivity contribution in [1.29, 1.82) is 0 Å². The van der Waals surface area contributed by atoms with Gasteiger partial charge in [0.2, 0.25) is 0 Å². The van der Waals surface area contributed by atoms with E-state index in [9.17, 15) is 0 Å². The molecule has 282 valence electrons. The molecule has 8 aromatic rings. The predicted molar refractivity (Wildman–Crippen MR) is 242 cm³/mol. The maximum absolute atomic E-state index is 6.15. The number of fused-ring (bicyclic) bond motifs is 3. The first-order valence-corrected chi connectivity index (χ1v) is 19.6. The van der Waals surface area contributed by atoms with Crippen LogP contribution in [0.5, 0.6) is 11.5 Å². The fraction of sp³-hybridized carbons (Fsp3) is 0.0545. The van der Waals surface area contributed by atoms with E-state index in [-0.39, 0.29) is 0 Å². The van der Waals surface area contributed by atoms with Crippen LogP contribution in [0.15, 0.2) is 216 Å². The van der Waals surface area contributed by atoms with Gasteiger partial charge >= 0.3 is 0 Å². The van der Waals surface area contributed by atoms with E-state index < -0.39 is 5.41 Å². The number of aliphatic imine (C=N–C) groups is 2. The number of methoxy groups -OCH3 is 2. The largest absolute Gasteiger partial charge is 0.496 e. The zero-order chi connectivity index (χ0) is 40.0. The van der Waals surface area contributed by atoms with Crippen LogP contribution in [0.3, 0.4) is 0 Å². The highest BCUT2D eigenvalue weighted by Crippen LogP contribution is 2.57. The Kier molecular flexibility index (Phi) is 10.2. The average Bonchev–Trinajstić information content (AvgIpc) is 3.61. The third-order valence-corrected chi connectivity index (χ3v) is 11.0. The van der Waals surface area contributed by atoms with Crippen LogP contribution in [0, 0.1) is 0 Å². The van der Waals surface area contributed by atoms with Crippen molar-refractivity contribution in [3.63, 3.8) is 0 Å². The summed E-state index contributed by atoms with van der Waals surface area (Å²) in [6.45, 7) is 0. The molecule has 4 nitrogen and oxygen atoms in total. The molecule has 9 rings (SSSR count). The summed E-state index contributed by atoms with van der Waals surface area (Å²) in [7, 11) is 3.44. The Morgan fingerprint density at radius 1 is 0.407 bits per heavy atom. The summed E-state index contributed by atoms with van der Waals surface area (Å²) in [6.07, 6.45) is 0. The highest BCUT2D eigenvalue weighted by atomic mass is 16.5. The van der Waals surface area contributed by atoms with Crippen LogP contribution < -0.4 is 9.47 Å². The van der Waals surface area contributed by atoms with Crippen LogP contribution in [0.1, 0.15) is 44.5 Å². The van der Waals surface area contributed by atoms with Crippen LogP contribution >= 0.6 is 0 Å². The molecule has 4 heteroatoms. The lowest BCUT2D eigenvalue weighted by Crippen LogP contribution is -2.29. The van der Waals surface area contributed by atoms with Crippen molar-refractivity contribution in [2.24, 2.45) is 9.98 Å². The van der Waals surface area contributed by atoms with Crippen molar-refractivity contribution in [3.05, 3.63) is 251 Å². The average molecular weight is 761 g/mol. The van der Waals surface area contributed by atoms with Crippen LogP contribution in [0.25, 0.3) is 22.3 Å². The molecular formula is C55H40N2O2. The van der Waals surface area contributed by atoms with Gasteiger partial charge in [0.15, 0.2) is 0 Å². The maximum Gasteiger partial charge on any atom is 0.127 e. The molecule has 59 heavy (non-hydrogen) atoms. The minimum absolute atomic E-state index is 0.722. The van der Waals surface area contributed by atoms with Crippen molar-refractivity contribution >= 4 is 34.3 Å². The van der Waals surface area contributed by atoms with E-state index >= 15 is 0 Å². The lowest BCUT2D eigenvalue weighted by Gasteiger charge is -2.35. The van der Waals surface area contributed by atoms with Crippen LogP contribution in [0.4, 0.5) is 11.4 Å². The molecule has 1 aliphatic carbocycles.